The zero-order valence-corrected chi connectivity index (χ0v) is 11.1. The number of carbonyl (C=O) groups excluding carboxylic acids is 1. The Bertz CT molecular complexity index is 719. The molecule has 1 unspecified atom stereocenters. The van der Waals surface area contributed by atoms with Gasteiger partial charge in [-0.3, -0.25) is 4.79 Å². The van der Waals surface area contributed by atoms with Crippen molar-refractivity contribution in [2.24, 2.45) is 4.36 Å². The van der Waals surface area contributed by atoms with Crippen molar-refractivity contribution >= 4 is 15.6 Å². The van der Waals surface area contributed by atoms with E-state index in [0.717, 1.165) is 6.07 Å². The third-order valence-electron chi connectivity index (χ3n) is 2.51. The van der Waals surface area contributed by atoms with Crippen molar-refractivity contribution < 1.29 is 13.4 Å². The van der Waals surface area contributed by atoms with Crippen LogP contribution in [0.2, 0.25) is 0 Å². The van der Waals surface area contributed by atoms with Crippen molar-refractivity contribution in [1.82, 2.24) is 0 Å². The van der Waals surface area contributed by atoms with Crippen LogP contribution in [0.3, 0.4) is 0 Å². The van der Waals surface area contributed by atoms with Gasteiger partial charge in [-0.05, 0) is 30.3 Å². The minimum Gasteiger partial charge on any atom is -0.266 e. The lowest BCUT2D eigenvalue weighted by atomic mass is 10.2. The molecule has 0 aromatic heterocycles. The lowest BCUT2D eigenvalue weighted by molar-refractivity contribution is 0.100. The normalized spacial score (nSPS) is 13.6. The molecule has 1 atom stereocenters. The zero-order chi connectivity index (χ0) is 13.9. The summed E-state index contributed by atoms with van der Waals surface area (Å²) in [6.45, 7) is 0. The number of hydrogen-bond acceptors (Lipinski definition) is 2. The molecule has 19 heavy (non-hydrogen) atoms. The van der Waals surface area contributed by atoms with Crippen molar-refractivity contribution in [2.45, 2.75) is 4.90 Å². The molecule has 0 fully saturated rings. The average molecular weight is 277 g/mol. The number of benzene rings is 2. The van der Waals surface area contributed by atoms with Crippen LogP contribution in [0, 0.1) is 5.82 Å². The van der Waals surface area contributed by atoms with Gasteiger partial charge in [-0.1, -0.05) is 24.3 Å². The third-order valence-corrected chi connectivity index (χ3v) is 4.17. The van der Waals surface area contributed by atoms with E-state index >= 15 is 0 Å². The summed E-state index contributed by atoms with van der Waals surface area (Å²) >= 11 is 0. The molecule has 2 aromatic rings. The van der Waals surface area contributed by atoms with E-state index in [0.29, 0.717) is 4.90 Å². The molecule has 0 radical (unpaired) electrons. The summed E-state index contributed by atoms with van der Waals surface area (Å²) in [7, 11) is -2.82. The molecule has 3 nitrogen and oxygen atoms in total. The molecule has 0 bridgehead atoms. The SMILES string of the molecule is CS(=O)(=NC(=O)c1cccc(F)c1)c1ccccc1. The molecule has 0 aliphatic rings. The zero-order valence-electron chi connectivity index (χ0n) is 10.2. The van der Waals surface area contributed by atoms with Crippen molar-refractivity contribution in [1.29, 1.82) is 0 Å². The molecule has 0 aliphatic carbocycles. The van der Waals surface area contributed by atoms with E-state index in [1.807, 2.05) is 0 Å². The van der Waals surface area contributed by atoms with Crippen molar-refractivity contribution in [3.05, 3.63) is 66.0 Å². The number of amides is 1. The van der Waals surface area contributed by atoms with Gasteiger partial charge in [0.05, 0.1) is 9.73 Å². The van der Waals surface area contributed by atoms with Gasteiger partial charge in [0.15, 0.2) is 0 Å². The molecule has 0 aliphatic heterocycles. The van der Waals surface area contributed by atoms with E-state index in [1.165, 1.54) is 24.5 Å². The molecule has 5 heteroatoms. The van der Waals surface area contributed by atoms with E-state index in [9.17, 15) is 13.4 Å². The largest absolute Gasteiger partial charge is 0.285 e. The Morgan fingerprint density at radius 3 is 2.42 bits per heavy atom. The average Bonchev–Trinajstić information content (AvgIpc) is 2.39. The minimum absolute atomic E-state index is 0.0884. The van der Waals surface area contributed by atoms with Crippen LogP contribution in [-0.4, -0.2) is 16.4 Å². The van der Waals surface area contributed by atoms with Gasteiger partial charge >= 0.3 is 0 Å². The topological polar surface area (TPSA) is 46.5 Å². The van der Waals surface area contributed by atoms with Crippen LogP contribution in [0.1, 0.15) is 10.4 Å². The highest BCUT2D eigenvalue weighted by Gasteiger charge is 2.11. The van der Waals surface area contributed by atoms with Gasteiger partial charge < -0.3 is 0 Å². The fourth-order valence-electron chi connectivity index (χ4n) is 1.56. The summed E-state index contributed by atoms with van der Waals surface area (Å²) in [5.74, 6) is -1.21. The second-order valence-corrected chi connectivity index (χ2v) is 6.28. The number of hydrogen-bond donors (Lipinski definition) is 0. The summed E-state index contributed by atoms with van der Waals surface area (Å²) in [5.41, 5.74) is 0.0884. The molecule has 1 amide bonds. The first-order valence-corrected chi connectivity index (χ1v) is 7.48. The molecule has 0 spiro atoms. The molecule has 2 rings (SSSR count). The van der Waals surface area contributed by atoms with Crippen molar-refractivity contribution in [3.8, 4) is 0 Å². The molecule has 0 saturated heterocycles. The van der Waals surface area contributed by atoms with Crippen LogP contribution in [0.15, 0.2) is 63.9 Å². The molecular formula is C14H12FNO2S. The van der Waals surface area contributed by atoms with Crippen LogP contribution >= 0.6 is 0 Å². The number of rotatable bonds is 2. The van der Waals surface area contributed by atoms with Gasteiger partial charge in [0.1, 0.15) is 5.82 Å². The standard InChI is InChI=1S/C14H12FNO2S/c1-19(18,13-8-3-2-4-9-13)16-14(17)11-6-5-7-12(15)10-11/h2-10H,1H3. The van der Waals surface area contributed by atoms with Gasteiger partial charge in [0, 0.05) is 16.7 Å². The second-order valence-electron chi connectivity index (χ2n) is 4.02. The van der Waals surface area contributed by atoms with Gasteiger partial charge in [-0.25, -0.2) is 8.60 Å². The first-order chi connectivity index (χ1) is 8.99. The molecule has 0 saturated carbocycles. The first kappa shape index (κ1) is 13.4. The highest BCUT2D eigenvalue weighted by molar-refractivity contribution is 7.93. The summed E-state index contributed by atoms with van der Waals surface area (Å²) in [6.07, 6.45) is 1.39. The van der Waals surface area contributed by atoms with Gasteiger partial charge in [-0.2, -0.15) is 4.36 Å². The number of halogens is 1. The summed E-state index contributed by atoms with van der Waals surface area (Å²) in [6, 6.07) is 13.7. The Morgan fingerprint density at radius 1 is 1.11 bits per heavy atom. The minimum atomic E-state index is -2.82. The van der Waals surface area contributed by atoms with Crippen LogP contribution < -0.4 is 0 Å². The Labute approximate surface area is 111 Å². The van der Waals surface area contributed by atoms with Gasteiger partial charge in [0.2, 0.25) is 0 Å². The smallest absolute Gasteiger partial charge is 0.266 e. The van der Waals surface area contributed by atoms with E-state index < -0.39 is 21.5 Å². The van der Waals surface area contributed by atoms with E-state index in [1.54, 1.807) is 30.3 Å². The van der Waals surface area contributed by atoms with Crippen molar-refractivity contribution in [2.75, 3.05) is 6.26 Å². The predicted octanol–water partition coefficient (Wildman–Crippen LogP) is 3.12. The lowest BCUT2D eigenvalue weighted by Crippen LogP contribution is -2.04. The third kappa shape index (κ3) is 3.26. The Morgan fingerprint density at radius 2 is 1.79 bits per heavy atom. The fraction of sp³-hybridized carbons (Fsp3) is 0.0714. The maximum absolute atomic E-state index is 13.0. The van der Waals surface area contributed by atoms with E-state index in [4.69, 9.17) is 0 Å². The van der Waals surface area contributed by atoms with Crippen LogP contribution in [-0.2, 0) is 9.73 Å². The number of nitrogens with zero attached hydrogens (tertiary/aromatic N) is 1. The monoisotopic (exact) mass is 277 g/mol. The molecular weight excluding hydrogens is 265 g/mol. The molecule has 98 valence electrons. The van der Waals surface area contributed by atoms with E-state index in [-0.39, 0.29) is 5.56 Å². The maximum atomic E-state index is 13.0. The Balaban J connectivity index is 2.41. The molecule has 0 N–H and O–H groups in total. The van der Waals surface area contributed by atoms with Gasteiger partial charge in [-0.15, -0.1) is 0 Å². The predicted molar refractivity (Wildman–Crippen MR) is 71.9 cm³/mol. The first-order valence-electron chi connectivity index (χ1n) is 5.56. The van der Waals surface area contributed by atoms with E-state index in [2.05, 4.69) is 4.36 Å². The highest BCUT2D eigenvalue weighted by atomic mass is 32.2. The highest BCUT2D eigenvalue weighted by Crippen LogP contribution is 2.13. The fourth-order valence-corrected chi connectivity index (χ4v) is 2.75. The Hall–Kier alpha value is -2.01. The number of carbonyl (C=O) groups is 1. The van der Waals surface area contributed by atoms with Crippen LogP contribution in [0.25, 0.3) is 0 Å². The van der Waals surface area contributed by atoms with Gasteiger partial charge in [0.25, 0.3) is 5.91 Å². The summed E-state index contributed by atoms with van der Waals surface area (Å²) in [4.78, 5) is 12.3. The summed E-state index contributed by atoms with van der Waals surface area (Å²) < 4.78 is 29.1. The second kappa shape index (κ2) is 5.32. The summed E-state index contributed by atoms with van der Waals surface area (Å²) in [5, 5.41) is 0. The molecule has 0 heterocycles. The Kier molecular flexibility index (Phi) is 3.76. The molecule has 2 aromatic carbocycles. The van der Waals surface area contributed by atoms with Crippen LogP contribution in [0.4, 0.5) is 4.39 Å². The van der Waals surface area contributed by atoms with Crippen molar-refractivity contribution in [3.63, 3.8) is 0 Å². The maximum Gasteiger partial charge on any atom is 0.285 e. The van der Waals surface area contributed by atoms with Crippen LogP contribution in [0.5, 0.6) is 0 Å². The quantitative estimate of drug-likeness (QED) is 0.846. The lowest BCUT2D eigenvalue weighted by Gasteiger charge is -2.03.